The normalized spacial score (nSPS) is 27.1. The molecule has 1 N–H and O–H groups in total. The Bertz CT molecular complexity index is 639. The van der Waals surface area contributed by atoms with E-state index in [0.717, 1.165) is 6.54 Å². The van der Waals surface area contributed by atoms with Crippen molar-refractivity contribution in [3.8, 4) is 0 Å². The molecule has 1 aromatic carbocycles. The van der Waals surface area contributed by atoms with E-state index in [-0.39, 0.29) is 0 Å². The maximum Gasteiger partial charge on any atom is 0.113 e. The van der Waals surface area contributed by atoms with E-state index in [0.29, 0.717) is 18.0 Å². The van der Waals surface area contributed by atoms with Crippen molar-refractivity contribution in [2.24, 2.45) is 0 Å². The quantitative estimate of drug-likeness (QED) is 0.903. The van der Waals surface area contributed by atoms with Crippen LogP contribution >= 0.6 is 0 Å². The van der Waals surface area contributed by atoms with Crippen LogP contribution in [0.15, 0.2) is 18.2 Å². The number of aromatic nitrogens is 2. The van der Waals surface area contributed by atoms with Gasteiger partial charge in [0.25, 0.3) is 0 Å². The summed E-state index contributed by atoms with van der Waals surface area (Å²) in [6, 6.07) is 8.05. The first-order valence-electron chi connectivity index (χ1n) is 7.94. The van der Waals surface area contributed by atoms with Crippen molar-refractivity contribution in [3.63, 3.8) is 0 Å². The van der Waals surface area contributed by atoms with E-state index in [1.807, 2.05) is 0 Å². The first-order chi connectivity index (χ1) is 9.72. The zero-order valence-corrected chi connectivity index (χ0v) is 12.4. The second-order valence-corrected chi connectivity index (χ2v) is 6.64. The van der Waals surface area contributed by atoms with Gasteiger partial charge >= 0.3 is 0 Å². The third-order valence-electron chi connectivity index (χ3n) is 4.77. The summed E-state index contributed by atoms with van der Waals surface area (Å²) in [5.74, 6) is 1.97. The van der Waals surface area contributed by atoms with Crippen LogP contribution < -0.4 is 5.32 Å². The lowest BCUT2D eigenvalue weighted by Gasteiger charge is -2.28. The second-order valence-electron chi connectivity index (χ2n) is 6.64. The lowest BCUT2D eigenvalue weighted by Crippen LogP contribution is -2.35. The summed E-state index contributed by atoms with van der Waals surface area (Å²) >= 11 is 0. The van der Waals surface area contributed by atoms with Crippen LogP contribution in [0.4, 0.5) is 0 Å². The molecule has 1 aliphatic carbocycles. The van der Waals surface area contributed by atoms with Crippen molar-refractivity contribution in [2.45, 2.75) is 57.5 Å². The number of piperidine rings is 1. The topological polar surface area (TPSA) is 29.9 Å². The minimum atomic E-state index is 0.614. The van der Waals surface area contributed by atoms with Crippen LogP contribution in [-0.2, 0) is 0 Å². The second kappa shape index (κ2) is 4.59. The highest BCUT2D eigenvalue weighted by Gasteiger charge is 2.32. The molecule has 2 aromatic rings. The van der Waals surface area contributed by atoms with Gasteiger partial charge in [-0.1, -0.05) is 6.07 Å². The van der Waals surface area contributed by atoms with E-state index >= 15 is 0 Å². The molecule has 0 bridgehead atoms. The molecule has 106 valence electrons. The molecule has 2 heterocycles. The summed E-state index contributed by atoms with van der Waals surface area (Å²) in [5.41, 5.74) is 3.85. The zero-order valence-electron chi connectivity index (χ0n) is 12.4. The van der Waals surface area contributed by atoms with Gasteiger partial charge in [0.05, 0.1) is 11.0 Å². The molecule has 20 heavy (non-hydrogen) atoms. The fourth-order valence-corrected chi connectivity index (χ4v) is 3.60. The van der Waals surface area contributed by atoms with Crippen LogP contribution in [0.3, 0.4) is 0 Å². The van der Waals surface area contributed by atoms with Gasteiger partial charge in [0.15, 0.2) is 0 Å². The molecule has 2 atom stereocenters. The van der Waals surface area contributed by atoms with E-state index in [1.165, 1.54) is 48.1 Å². The SMILES string of the molecule is Cc1ccc2c(c1)nc(C1CCNC(C)C1)n2C1CC1. The number of fused-ring (bicyclic) bond motifs is 1. The van der Waals surface area contributed by atoms with Crippen molar-refractivity contribution < 1.29 is 0 Å². The number of aryl methyl sites for hydroxylation is 1. The lowest BCUT2D eigenvalue weighted by atomic mass is 9.92. The minimum Gasteiger partial charge on any atom is -0.325 e. The van der Waals surface area contributed by atoms with Crippen molar-refractivity contribution >= 4 is 11.0 Å². The molecule has 1 saturated carbocycles. The standard InChI is InChI=1S/C17H23N3/c1-11-3-6-16-15(9-11)19-17(20(16)14-4-5-14)13-7-8-18-12(2)10-13/h3,6,9,12-14,18H,4-5,7-8,10H2,1-2H3. The average Bonchev–Trinajstić information content (AvgIpc) is 3.19. The molecule has 2 unspecified atom stereocenters. The van der Waals surface area contributed by atoms with E-state index in [4.69, 9.17) is 4.98 Å². The summed E-state index contributed by atoms with van der Waals surface area (Å²) in [4.78, 5) is 5.03. The number of hydrogen-bond donors (Lipinski definition) is 1. The molecule has 1 aliphatic heterocycles. The van der Waals surface area contributed by atoms with Gasteiger partial charge in [-0.05, 0) is 63.8 Å². The molecule has 3 heteroatoms. The van der Waals surface area contributed by atoms with Gasteiger partial charge in [0.1, 0.15) is 5.82 Å². The molecule has 3 nitrogen and oxygen atoms in total. The monoisotopic (exact) mass is 269 g/mol. The van der Waals surface area contributed by atoms with Crippen molar-refractivity contribution in [1.82, 2.24) is 14.9 Å². The number of nitrogens with zero attached hydrogens (tertiary/aromatic N) is 2. The molecular formula is C17H23N3. The van der Waals surface area contributed by atoms with Gasteiger partial charge in [-0.2, -0.15) is 0 Å². The van der Waals surface area contributed by atoms with Gasteiger partial charge in [0.2, 0.25) is 0 Å². The number of imidazole rings is 1. The smallest absolute Gasteiger partial charge is 0.113 e. The Morgan fingerprint density at radius 2 is 2.10 bits per heavy atom. The van der Waals surface area contributed by atoms with Gasteiger partial charge in [-0.25, -0.2) is 4.98 Å². The van der Waals surface area contributed by atoms with Crippen molar-refractivity contribution in [3.05, 3.63) is 29.6 Å². The first kappa shape index (κ1) is 12.4. The molecule has 0 radical (unpaired) electrons. The Morgan fingerprint density at radius 3 is 2.85 bits per heavy atom. The molecule has 2 aliphatic rings. The maximum atomic E-state index is 5.03. The van der Waals surface area contributed by atoms with Crippen molar-refractivity contribution in [2.75, 3.05) is 6.54 Å². The van der Waals surface area contributed by atoms with Gasteiger partial charge in [0, 0.05) is 18.0 Å². The largest absolute Gasteiger partial charge is 0.325 e. The van der Waals surface area contributed by atoms with Crippen LogP contribution in [0, 0.1) is 6.92 Å². The van der Waals surface area contributed by atoms with E-state index in [1.54, 1.807) is 0 Å². The number of nitrogens with one attached hydrogen (secondary N) is 1. The maximum absolute atomic E-state index is 5.03. The highest BCUT2D eigenvalue weighted by molar-refractivity contribution is 5.77. The Kier molecular flexibility index (Phi) is 2.84. The van der Waals surface area contributed by atoms with Crippen molar-refractivity contribution in [1.29, 1.82) is 0 Å². The minimum absolute atomic E-state index is 0.614. The van der Waals surface area contributed by atoms with Crippen LogP contribution in [0.2, 0.25) is 0 Å². The van der Waals surface area contributed by atoms with Gasteiger partial charge in [-0.3, -0.25) is 0 Å². The molecule has 0 spiro atoms. The molecular weight excluding hydrogens is 246 g/mol. The average molecular weight is 269 g/mol. The Hall–Kier alpha value is -1.35. The molecule has 4 rings (SSSR count). The molecule has 1 saturated heterocycles. The summed E-state index contributed by atoms with van der Waals surface area (Å²) < 4.78 is 2.55. The molecule has 0 amide bonds. The lowest BCUT2D eigenvalue weighted by molar-refractivity contribution is 0.364. The number of rotatable bonds is 2. The fourth-order valence-electron chi connectivity index (χ4n) is 3.60. The fraction of sp³-hybridized carbons (Fsp3) is 0.588. The van der Waals surface area contributed by atoms with E-state index < -0.39 is 0 Å². The molecule has 1 aromatic heterocycles. The van der Waals surface area contributed by atoms with Crippen LogP contribution in [-0.4, -0.2) is 22.1 Å². The van der Waals surface area contributed by atoms with Crippen LogP contribution in [0.1, 0.15) is 56.0 Å². The van der Waals surface area contributed by atoms with E-state index in [9.17, 15) is 0 Å². The van der Waals surface area contributed by atoms with Crippen LogP contribution in [0.5, 0.6) is 0 Å². The zero-order chi connectivity index (χ0) is 13.7. The number of benzene rings is 1. The Morgan fingerprint density at radius 1 is 1.25 bits per heavy atom. The summed E-state index contributed by atoms with van der Waals surface area (Å²) in [6.45, 7) is 5.57. The summed E-state index contributed by atoms with van der Waals surface area (Å²) in [5, 5.41) is 3.55. The van der Waals surface area contributed by atoms with Crippen LogP contribution in [0.25, 0.3) is 11.0 Å². The third-order valence-corrected chi connectivity index (χ3v) is 4.77. The Balaban J connectivity index is 1.83. The Labute approximate surface area is 120 Å². The van der Waals surface area contributed by atoms with Gasteiger partial charge < -0.3 is 9.88 Å². The number of hydrogen-bond acceptors (Lipinski definition) is 2. The third kappa shape index (κ3) is 2.05. The summed E-state index contributed by atoms with van der Waals surface area (Å²) in [6.07, 6.45) is 5.09. The first-order valence-corrected chi connectivity index (χ1v) is 7.94. The molecule has 2 fully saturated rings. The highest BCUT2D eigenvalue weighted by atomic mass is 15.1. The highest BCUT2D eigenvalue weighted by Crippen LogP contribution is 2.42. The van der Waals surface area contributed by atoms with E-state index in [2.05, 4.69) is 41.9 Å². The predicted octanol–water partition coefficient (Wildman–Crippen LogP) is 3.54. The summed E-state index contributed by atoms with van der Waals surface area (Å²) in [7, 11) is 0. The van der Waals surface area contributed by atoms with Gasteiger partial charge in [-0.15, -0.1) is 0 Å². The predicted molar refractivity (Wildman–Crippen MR) is 82.2 cm³/mol.